The third-order valence-electron chi connectivity index (χ3n) is 3.00. The summed E-state index contributed by atoms with van der Waals surface area (Å²) >= 11 is 0. The van der Waals surface area contributed by atoms with Crippen molar-refractivity contribution in [3.8, 4) is 5.75 Å². The maximum atomic E-state index is 11.4. The molecule has 0 saturated heterocycles. The summed E-state index contributed by atoms with van der Waals surface area (Å²) in [5, 5.41) is 0. The average molecular weight is 312 g/mol. The maximum Gasteiger partial charge on any atom is 0.209 e. The lowest BCUT2D eigenvalue weighted by Gasteiger charge is -2.26. The first-order valence-electron chi connectivity index (χ1n) is 6.40. The summed E-state index contributed by atoms with van der Waals surface area (Å²) in [6.07, 6.45) is 1.13. The van der Waals surface area contributed by atoms with E-state index in [4.69, 9.17) is 10.5 Å². The van der Waals surface area contributed by atoms with Crippen LogP contribution in [0, 0.1) is 0 Å². The molecule has 0 spiro atoms. The van der Waals surface area contributed by atoms with E-state index in [1.807, 2.05) is 12.1 Å². The van der Waals surface area contributed by atoms with Crippen LogP contribution in [0.15, 0.2) is 18.2 Å². The van der Waals surface area contributed by atoms with Crippen LogP contribution in [-0.2, 0) is 16.6 Å². The van der Waals surface area contributed by atoms with Crippen LogP contribution in [-0.4, -0.2) is 36.9 Å². The number of ether oxygens (including phenoxy) is 1. The average Bonchev–Trinajstić information content (AvgIpc) is 2.62. The molecule has 0 atom stereocenters. The lowest BCUT2D eigenvalue weighted by molar-refractivity contribution is 0.397. The number of anilines is 1. The second-order valence-electron chi connectivity index (χ2n) is 5.67. The Morgan fingerprint density at radius 1 is 1.43 bits per heavy atom. The van der Waals surface area contributed by atoms with Gasteiger partial charge >= 0.3 is 0 Å². The number of methoxy groups -OCH3 is 1. The van der Waals surface area contributed by atoms with Gasteiger partial charge < -0.3 is 15.0 Å². The molecular weight excluding hydrogens is 292 g/mol. The summed E-state index contributed by atoms with van der Waals surface area (Å²) in [6.45, 7) is 3.94. The van der Waals surface area contributed by atoms with Gasteiger partial charge in [-0.2, -0.15) is 0 Å². The van der Waals surface area contributed by atoms with Crippen molar-refractivity contribution in [1.82, 2.24) is 14.3 Å². The number of sulfonamides is 1. The first-order chi connectivity index (χ1) is 9.61. The third kappa shape index (κ3) is 3.64. The molecule has 0 unspecified atom stereocenters. The van der Waals surface area contributed by atoms with Crippen molar-refractivity contribution in [2.45, 2.75) is 25.9 Å². The predicted octanol–water partition coefficient (Wildman–Crippen LogP) is 0.955. The van der Waals surface area contributed by atoms with Crippen LogP contribution in [0.25, 0.3) is 11.0 Å². The van der Waals surface area contributed by atoms with Crippen LogP contribution in [0.4, 0.5) is 5.95 Å². The molecule has 3 N–H and O–H groups in total. The third-order valence-corrected chi connectivity index (χ3v) is 3.92. The Kier molecular flexibility index (Phi) is 3.85. The highest BCUT2D eigenvalue weighted by Crippen LogP contribution is 2.24. The number of hydrogen-bond donors (Lipinski definition) is 2. The Labute approximate surface area is 124 Å². The summed E-state index contributed by atoms with van der Waals surface area (Å²) in [7, 11) is -1.73. The molecule has 2 aromatic rings. The van der Waals surface area contributed by atoms with Gasteiger partial charge in [0.15, 0.2) is 0 Å². The molecule has 1 aromatic carbocycles. The molecule has 0 amide bonds. The largest absolute Gasteiger partial charge is 0.497 e. The molecule has 0 fully saturated rings. The minimum Gasteiger partial charge on any atom is -0.497 e. The van der Waals surface area contributed by atoms with Gasteiger partial charge in [0.05, 0.1) is 24.4 Å². The van der Waals surface area contributed by atoms with Gasteiger partial charge in [-0.3, -0.25) is 0 Å². The van der Waals surface area contributed by atoms with Crippen molar-refractivity contribution in [3.63, 3.8) is 0 Å². The van der Waals surface area contributed by atoms with Gasteiger partial charge in [0, 0.05) is 18.2 Å². The zero-order valence-corrected chi connectivity index (χ0v) is 13.4. The number of aromatic nitrogens is 2. The summed E-state index contributed by atoms with van der Waals surface area (Å²) < 4.78 is 32.4. The standard InChI is InChI=1S/C13H20N4O3S/c1-13(2,16-21(4,18)19)8-17-11-7-9(20-3)5-6-10(11)15-12(17)14/h5-7,16H,8H2,1-4H3,(H2,14,15). The van der Waals surface area contributed by atoms with Crippen LogP contribution >= 0.6 is 0 Å². The summed E-state index contributed by atoms with van der Waals surface area (Å²) in [5.74, 6) is 1.03. The van der Waals surface area contributed by atoms with Crippen molar-refractivity contribution in [2.75, 3.05) is 19.1 Å². The Hall–Kier alpha value is -1.80. The normalized spacial score (nSPS) is 12.8. The van der Waals surface area contributed by atoms with Crippen molar-refractivity contribution in [3.05, 3.63) is 18.2 Å². The van der Waals surface area contributed by atoms with Crippen LogP contribution in [0.2, 0.25) is 0 Å². The lowest BCUT2D eigenvalue weighted by Crippen LogP contribution is -2.46. The quantitative estimate of drug-likeness (QED) is 0.856. The Morgan fingerprint density at radius 2 is 2.10 bits per heavy atom. The highest BCUT2D eigenvalue weighted by Gasteiger charge is 2.24. The zero-order chi connectivity index (χ0) is 15.8. The molecule has 0 aliphatic heterocycles. The highest BCUT2D eigenvalue weighted by molar-refractivity contribution is 7.88. The molecule has 116 valence electrons. The van der Waals surface area contributed by atoms with E-state index in [9.17, 15) is 8.42 Å². The number of nitrogen functional groups attached to an aromatic ring is 1. The van der Waals surface area contributed by atoms with Crippen molar-refractivity contribution >= 4 is 27.0 Å². The number of fused-ring (bicyclic) bond motifs is 1. The van der Waals surface area contributed by atoms with E-state index < -0.39 is 15.6 Å². The molecule has 1 heterocycles. The minimum absolute atomic E-state index is 0.335. The predicted molar refractivity (Wildman–Crippen MR) is 82.8 cm³/mol. The number of hydrogen-bond acceptors (Lipinski definition) is 5. The molecule has 0 aliphatic carbocycles. The summed E-state index contributed by atoms with van der Waals surface area (Å²) in [6, 6.07) is 5.45. The molecule has 8 heteroatoms. The molecule has 0 radical (unpaired) electrons. The summed E-state index contributed by atoms with van der Waals surface area (Å²) in [4.78, 5) is 4.28. The van der Waals surface area contributed by atoms with Gasteiger partial charge in [-0.15, -0.1) is 0 Å². The minimum atomic E-state index is -3.31. The molecule has 1 aromatic heterocycles. The van der Waals surface area contributed by atoms with Crippen molar-refractivity contribution < 1.29 is 13.2 Å². The number of nitrogens with two attached hydrogens (primary N) is 1. The topological polar surface area (TPSA) is 99.2 Å². The van der Waals surface area contributed by atoms with Crippen molar-refractivity contribution in [1.29, 1.82) is 0 Å². The first kappa shape index (κ1) is 15.6. The molecule has 2 rings (SSSR count). The Morgan fingerprint density at radius 3 is 2.67 bits per heavy atom. The van der Waals surface area contributed by atoms with E-state index >= 15 is 0 Å². The zero-order valence-electron chi connectivity index (χ0n) is 12.5. The smallest absolute Gasteiger partial charge is 0.209 e. The number of benzene rings is 1. The molecule has 0 saturated carbocycles. The van der Waals surface area contributed by atoms with E-state index in [0.717, 1.165) is 17.3 Å². The van der Waals surface area contributed by atoms with Crippen LogP contribution in [0.1, 0.15) is 13.8 Å². The molecular formula is C13H20N4O3S. The number of nitrogens with one attached hydrogen (secondary N) is 1. The fourth-order valence-electron chi connectivity index (χ4n) is 2.34. The molecule has 21 heavy (non-hydrogen) atoms. The second kappa shape index (κ2) is 5.19. The number of rotatable bonds is 5. The number of nitrogens with zero attached hydrogens (tertiary/aromatic N) is 2. The molecule has 7 nitrogen and oxygen atoms in total. The maximum absolute atomic E-state index is 11.4. The molecule has 0 aliphatic rings. The van der Waals surface area contributed by atoms with Crippen LogP contribution in [0.3, 0.4) is 0 Å². The highest BCUT2D eigenvalue weighted by atomic mass is 32.2. The van der Waals surface area contributed by atoms with E-state index in [1.165, 1.54) is 0 Å². The van der Waals surface area contributed by atoms with Crippen LogP contribution < -0.4 is 15.2 Å². The Bertz CT molecular complexity index is 765. The van der Waals surface area contributed by atoms with E-state index in [-0.39, 0.29) is 0 Å². The number of imidazole rings is 1. The van der Waals surface area contributed by atoms with Crippen molar-refractivity contribution in [2.24, 2.45) is 0 Å². The van der Waals surface area contributed by atoms with E-state index in [2.05, 4.69) is 9.71 Å². The second-order valence-corrected chi connectivity index (χ2v) is 7.42. The van der Waals surface area contributed by atoms with E-state index in [0.29, 0.717) is 18.2 Å². The van der Waals surface area contributed by atoms with E-state index in [1.54, 1.807) is 31.6 Å². The van der Waals surface area contributed by atoms with Gasteiger partial charge in [0.1, 0.15) is 5.75 Å². The van der Waals surface area contributed by atoms with Gasteiger partial charge in [0.2, 0.25) is 16.0 Å². The monoisotopic (exact) mass is 312 g/mol. The van der Waals surface area contributed by atoms with Crippen LogP contribution in [0.5, 0.6) is 5.75 Å². The fraction of sp³-hybridized carbons (Fsp3) is 0.462. The van der Waals surface area contributed by atoms with Gasteiger partial charge in [-0.25, -0.2) is 18.1 Å². The van der Waals surface area contributed by atoms with Gasteiger partial charge in [0.25, 0.3) is 0 Å². The van der Waals surface area contributed by atoms with Gasteiger partial charge in [-0.05, 0) is 26.0 Å². The first-order valence-corrected chi connectivity index (χ1v) is 8.29. The Balaban J connectivity index is 2.44. The summed E-state index contributed by atoms with van der Waals surface area (Å²) in [5.41, 5.74) is 6.79. The lowest BCUT2D eigenvalue weighted by atomic mass is 10.1. The molecule has 0 bridgehead atoms. The fourth-order valence-corrected chi connectivity index (χ4v) is 3.41. The van der Waals surface area contributed by atoms with Gasteiger partial charge in [-0.1, -0.05) is 0 Å². The SMILES string of the molecule is COc1ccc2nc(N)n(CC(C)(C)NS(C)(=O)=O)c2c1.